The van der Waals surface area contributed by atoms with Crippen molar-refractivity contribution in [2.45, 2.75) is 18.7 Å². The zero-order valence-electron chi connectivity index (χ0n) is 17.5. The van der Waals surface area contributed by atoms with E-state index >= 15 is 0 Å². The van der Waals surface area contributed by atoms with Crippen molar-refractivity contribution in [3.05, 3.63) is 89.5 Å². The largest absolute Gasteiger partial charge is 0.497 e. The van der Waals surface area contributed by atoms with Crippen LogP contribution in [-0.4, -0.2) is 24.7 Å². The number of aryl methyl sites for hydroxylation is 1. The number of carbonyl (C=O) groups excluding carboxylic acids is 2. The first kappa shape index (κ1) is 21.0. The van der Waals surface area contributed by atoms with Gasteiger partial charge in [-0.1, -0.05) is 37.3 Å². The Kier molecular flexibility index (Phi) is 6.28. The van der Waals surface area contributed by atoms with Gasteiger partial charge < -0.3 is 10.1 Å². The smallest absolute Gasteiger partial charge is 0.255 e. The fourth-order valence-corrected chi connectivity index (χ4v) is 4.75. The summed E-state index contributed by atoms with van der Waals surface area (Å²) in [6.45, 7) is 2.11. The van der Waals surface area contributed by atoms with Gasteiger partial charge in [-0.2, -0.15) is 0 Å². The molecule has 4 rings (SSSR count). The van der Waals surface area contributed by atoms with Crippen LogP contribution in [0.15, 0.2) is 72.8 Å². The van der Waals surface area contributed by atoms with Crippen LogP contribution in [0.25, 0.3) is 0 Å². The lowest BCUT2D eigenvalue weighted by atomic mass is 10.1. The van der Waals surface area contributed by atoms with Crippen molar-refractivity contribution in [3.8, 4) is 5.75 Å². The Bertz CT molecular complexity index is 1100. The van der Waals surface area contributed by atoms with Crippen LogP contribution in [0.1, 0.15) is 33.8 Å². The summed E-state index contributed by atoms with van der Waals surface area (Å²) in [5, 5.41) is 2.82. The van der Waals surface area contributed by atoms with Crippen molar-refractivity contribution in [3.63, 3.8) is 0 Å². The Labute approximate surface area is 186 Å². The molecule has 3 aromatic rings. The third kappa shape index (κ3) is 4.59. The van der Waals surface area contributed by atoms with Crippen molar-refractivity contribution in [2.24, 2.45) is 0 Å². The summed E-state index contributed by atoms with van der Waals surface area (Å²) in [4.78, 5) is 27.2. The maximum Gasteiger partial charge on any atom is 0.255 e. The first-order valence-corrected chi connectivity index (χ1v) is 11.2. The third-order valence-electron chi connectivity index (χ3n) is 5.25. The topological polar surface area (TPSA) is 58.6 Å². The molecule has 1 heterocycles. The fraction of sp³-hybridized carbons (Fsp3) is 0.200. The molecule has 31 heavy (non-hydrogen) atoms. The molecule has 1 aliphatic heterocycles. The number of nitrogens with one attached hydrogen (secondary N) is 1. The van der Waals surface area contributed by atoms with E-state index in [4.69, 9.17) is 4.74 Å². The Balaban J connectivity index is 1.56. The van der Waals surface area contributed by atoms with Gasteiger partial charge in [0.1, 0.15) is 11.1 Å². The van der Waals surface area contributed by atoms with Gasteiger partial charge in [0.15, 0.2) is 0 Å². The highest BCUT2D eigenvalue weighted by Crippen LogP contribution is 2.42. The van der Waals surface area contributed by atoms with Gasteiger partial charge in [0.05, 0.1) is 12.9 Å². The second-order valence-electron chi connectivity index (χ2n) is 7.26. The summed E-state index contributed by atoms with van der Waals surface area (Å²) in [5.41, 5.74) is 4.31. The monoisotopic (exact) mass is 432 g/mol. The van der Waals surface area contributed by atoms with Crippen molar-refractivity contribution >= 4 is 35.0 Å². The zero-order valence-corrected chi connectivity index (χ0v) is 18.3. The first-order chi connectivity index (χ1) is 15.1. The van der Waals surface area contributed by atoms with E-state index in [0.29, 0.717) is 22.8 Å². The van der Waals surface area contributed by atoms with Gasteiger partial charge in [0.25, 0.3) is 5.91 Å². The minimum atomic E-state index is -0.210. The highest BCUT2D eigenvalue weighted by Gasteiger charge is 2.34. The molecule has 0 aromatic heterocycles. The number of thioether (sulfide) groups is 1. The maximum absolute atomic E-state index is 12.7. The molecule has 1 unspecified atom stereocenters. The highest BCUT2D eigenvalue weighted by atomic mass is 32.2. The number of benzene rings is 3. The van der Waals surface area contributed by atoms with E-state index in [1.54, 1.807) is 43.1 Å². The van der Waals surface area contributed by atoms with E-state index in [2.05, 4.69) is 24.4 Å². The summed E-state index contributed by atoms with van der Waals surface area (Å²) in [7, 11) is 1.57. The Hall–Kier alpha value is -3.25. The van der Waals surface area contributed by atoms with E-state index in [0.717, 1.165) is 17.7 Å². The number of hydrogen-bond donors (Lipinski definition) is 1. The molecule has 2 amide bonds. The number of methoxy groups -OCH3 is 1. The van der Waals surface area contributed by atoms with E-state index < -0.39 is 0 Å². The Morgan fingerprint density at radius 3 is 2.61 bits per heavy atom. The van der Waals surface area contributed by atoms with Crippen LogP contribution in [0.2, 0.25) is 0 Å². The van der Waals surface area contributed by atoms with Crippen LogP contribution in [0.5, 0.6) is 5.75 Å². The maximum atomic E-state index is 12.7. The summed E-state index contributed by atoms with van der Waals surface area (Å²) >= 11 is 1.59. The van der Waals surface area contributed by atoms with Crippen molar-refractivity contribution in [2.75, 3.05) is 23.1 Å². The molecule has 1 aliphatic rings. The molecule has 1 N–H and O–H groups in total. The van der Waals surface area contributed by atoms with E-state index in [-0.39, 0.29) is 17.2 Å². The van der Waals surface area contributed by atoms with Crippen molar-refractivity contribution in [1.29, 1.82) is 0 Å². The number of hydrogen-bond acceptors (Lipinski definition) is 4. The second kappa shape index (κ2) is 9.27. The average Bonchev–Trinajstić information content (AvgIpc) is 3.20. The molecule has 0 radical (unpaired) electrons. The molecule has 158 valence electrons. The minimum Gasteiger partial charge on any atom is -0.497 e. The molecule has 6 heteroatoms. The average molecular weight is 433 g/mol. The SMILES string of the molecule is CCc1ccc(N2C(=O)CSC2c2cccc(NC(=O)c3cccc(OC)c3)c2)cc1. The van der Waals surface area contributed by atoms with E-state index in [1.807, 2.05) is 41.3 Å². The Morgan fingerprint density at radius 1 is 1.10 bits per heavy atom. The molecule has 1 atom stereocenters. The lowest BCUT2D eigenvalue weighted by Gasteiger charge is -2.25. The molecular weight excluding hydrogens is 408 g/mol. The second-order valence-corrected chi connectivity index (χ2v) is 8.33. The van der Waals surface area contributed by atoms with Gasteiger partial charge in [0.2, 0.25) is 5.91 Å². The van der Waals surface area contributed by atoms with Crippen LogP contribution in [0.4, 0.5) is 11.4 Å². The summed E-state index contributed by atoms with van der Waals surface area (Å²) in [6, 6.07) is 22.8. The van der Waals surface area contributed by atoms with Gasteiger partial charge in [-0.05, 0) is 60.0 Å². The standard InChI is InChI=1S/C25H24N2O3S/c1-3-17-10-12-21(13-11-17)27-23(28)16-31-25(27)19-7-4-8-20(14-19)26-24(29)18-6-5-9-22(15-18)30-2/h4-15,25H,3,16H2,1-2H3,(H,26,29). The highest BCUT2D eigenvalue weighted by molar-refractivity contribution is 8.00. The van der Waals surface area contributed by atoms with Crippen molar-refractivity contribution in [1.82, 2.24) is 0 Å². The number of nitrogens with zero attached hydrogens (tertiary/aromatic N) is 1. The molecule has 0 bridgehead atoms. The van der Waals surface area contributed by atoms with Gasteiger partial charge >= 0.3 is 0 Å². The predicted molar refractivity (Wildman–Crippen MR) is 126 cm³/mol. The number of carbonyl (C=O) groups is 2. The molecule has 0 saturated carbocycles. The molecule has 5 nitrogen and oxygen atoms in total. The van der Waals surface area contributed by atoms with Crippen LogP contribution in [-0.2, 0) is 11.2 Å². The number of amides is 2. The van der Waals surface area contributed by atoms with Gasteiger partial charge in [-0.3, -0.25) is 14.5 Å². The van der Waals surface area contributed by atoms with E-state index in [1.165, 1.54) is 5.56 Å². The summed E-state index contributed by atoms with van der Waals surface area (Å²) in [6.07, 6.45) is 0.960. The lowest BCUT2D eigenvalue weighted by molar-refractivity contribution is -0.115. The lowest BCUT2D eigenvalue weighted by Crippen LogP contribution is -2.27. The molecule has 3 aromatic carbocycles. The quantitative estimate of drug-likeness (QED) is 0.575. The van der Waals surface area contributed by atoms with Crippen LogP contribution in [0.3, 0.4) is 0 Å². The van der Waals surface area contributed by atoms with Gasteiger partial charge in [-0.15, -0.1) is 11.8 Å². The van der Waals surface area contributed by atoms with Crippen LogP contribution >= 0.6 is 11.8 Å². The summed E-state index contributed by atoms with van der Waals surface area (Å²) in [5.74, 6) is 0.941. The van der Waals surface area contributed by atoms with Crippen molar-refractivity contribution < 1.29 is 14.3 Å². The molecule has 0 aliphatic carbocycles. The van der Waals surface area contributed by atoms with Gasteiger partial charge in [0, 0.05) is 16.9 Å². The molecule has 1 fully saturated rings. The first-order valence-electron chi connectivity index (χ1n) is 10.2. The minimum absolute atomic E-state index is 0.0880. The summed E-state index contributed by atoms with van der Waals surface area (Å²) < 4.78 is 5.20. The normalized spacial score (nSPS) is 15.7. The van der Waals surface area contributed by atoms with E-state index in [9.17, 15) is 9.59 Å². The molecule has 1 saturated heterocycles. The zero-order chi connectivity index (χ0) is 21.8. The number of anilines is 2. The molecular formula is C25H24N2O3S. The molecule has 0 spiro atoms. The number of rotatable bonds is 6. The third-order valence-corrected chi connectivity index (χ3v) is 6.46. The predicted octanol–water partition coefficient (Wildman–Crippen LogP) is 5.29. The van der Waals surface area contributed by atoms with Gasteiger partial charge in [-0.25, -0.2) is 0 Å². The van der Waals surface area contributed by atoms with Crippen LogP contribution < -0.4 is 15.0 Å². The fourth-order valence-electron chi connectivity index (χ4n) is 3.58. The number of ether oxygens (including phenoxy) is 1. The van der Waals surface area contributed by atoms with Crippen LogP contribution in [0, 0.1) is 0 Å². The Morgan fingerprint density at radius 2 is 1.87 bits per heavy atom.